The Morgan fingerprint density at radius 1 is 1.38 bits per heavy atom. The maximum atomic E-state index is 12.2. The van der Waals surface area contributed by atoms with Crippen molar-refractivity contribution in [3.05, 3.63) is 0 Å². The predicted molar refractivity (Wildman–Crippen MR) is 81.1 cm³/mol. The van der Waals surface area contributed by atoms with E-state index in [0.717, 1.165) is 25.2 Å². The van der Waals surface area contributed by atoms with Crippen LogP contribution >= 0.6 is 0 Å². The minimum absolute atomic E-state index is 0.0905. The summed E-state index contributed by atoms with van der Waals surface area (Å²) in [6, 6.07) is -0.0905. The van der Waals surface area contributed by atoms with Crippen LogP contribution in [0.3, 0.4) is 0 Å². The smallest absolute Gasteiger partial charge is 0.317 e. The zero-order valence-corrected chi connectivity index (χ0v) is 13.1. The molecule has 0 aromatic carbocycles. The number of carbonyl (C=O) groups excluding carboxylic acids is 1. The highest BCUT2D eigenvalue weighted by molar-refractivity contribution is 5.78. The van der Waals surface area contributed by atoms with E-state index in [1.54, 1.807) is 4.90 Å². The van der Waals surface area contributed by atoms with Gasteiger partial charge in [-0.25, -0.2) is 4.79 Å². The molecule has 5 heteroatoms. The quantitative estimate of drug-likeness (QED) is 0.710. The van der Waals surface area contributed by atoms with E-state index in [1.807, 2.05) is 6.92 Å². The number of urea groups is 1. The number of hydrogen-bond acceptors (Lipinski definition) is 2. The molecule has 0 spiro atoms. The van der Waals surface area contributed by atoms with Gasteiger partial charge >= 0.3 is 12.0 Å². The molecule has 1 saturated carbocycles. The molecule has 1 saturated heterocycles. The average molecular weight is 296 g/mol. The van der Waals surface area contributed by atoms with Crippen molar-refractivity contribution in [3.63, 3.8) is 0 Å². The highest BCUT2D eigenvalue weighted by Gasteiger charge is 2.42. The summed E-state index contributed by atoms with van der Waals surface area (Å²) in [7, 11) is 0. The Kier molecular flexibility index (Phi) is 5.48. The molecule has 2 rings (SSSR count). The van der Waals surface area contributed by atoms with Gasteiger partial charge in [-0.2, -0.15) is 0 Å². The molecule has 1 unspecified atom stereocenters. The molecule has 120 valence electrons. The van der Waals surface area contributed by atoms with Gasteiger partial charge in [-0.1, -0.05) is 26.2 Å². The number of nitrogens with one attached hydrogen (secondary N) is 1. The Labute approximate surface area is 127 Å². The number of aliphatic carboxylic acids is 1. The highest BCUT2D eigenvalue weighted by Crippen LogP contribution is 2.35. The summed E-state index contributed by atoms with van der Waals surface area (Å²) >= 11 is 0. The zero-order chi connectivity index (χ0) is 15.3. The van der Waals surface area contributed by atoms with Crippen LogP contribution in [0.5, 0.6) is 0 Å². The van der Waals surface area contributed by atoms with Gasteiger partial charge in [0.05, 0.1) is 5.41 Å². The largest absolute Gasteiger partial charge is 0.481 e. The Morgan fingerprint density at radius 3 is 2.76 bits per heavy atom. The van der Waals surface area contributed by atoms with Crippen LogP contribution in [0.1, 0.15) is 58.3 Å². The van der Waals surface area contributed by atoms with Gasteiger partial charge < -0.3 is 15.3 Å². The molecule has 2 amide bonds. The van der Waals surface area contributed by atoms with Crippen LogP contribution in [0.25, 0.3) is 0 Å². The molecule has 5 nitrogen and oxygen atoms in total. The van der Waals surface area contributed by atoms with Gasteiger partial charge in [0.15, 0.2) is 0 Å². The summed E-state index contributed by atoms with van der Waals surface area (Å²) in [6.07, 6.45) is 7.87. The number of amides is 2. The molecule has 0 radical (unpaired) electrons. The fourth-order valence-corrected chi connectivity index (χ4v) is 3.37. The first-order valence-corrected chi connectivity index (χ1v) is 8.33. The van der Waals surface area contributed by atoms with Crippen molar-refractivity contribution in [3.8, 4) is 0 Å². The van der Waals surface area contributed by atoms with Gasteiger partial charge in [0.2, 0.25) is 0 Å². The molecular weight excluding hydrogens is 268 g/mol. The molecule has 21 heavy (non-hydrogen) atoms. The number of carboxylic acids is 1. The molecule has 0 bridgehead atoms. The minimum atomic E-state index is -0.754. The molecular formula is C16H28N2O3. The number of piperidine rings is 1. The third-order valence-corrected chi connectivity index (χ3v) is 4.81. The van der Waals surface area contributed by atoms with Crippen LogP contribution in [-0.2, 0) is 4.79 Å². The first-order chi connectivity index (χ1) is 10.1. The second-order valence-electron chi connectivity index (χ2n) is 6.68. The second kappa shape index (κ2) is 7.14. The van der Waals surface area contributed by atoms with E-state index in [2.05, 4.69) is 5.32 Å². The zero-order valence-electron chi connectivity index (χ0n) is 13.1. The Hall–Kier alpha value is -1.26. The van der Waals surface area contributed by atoms with Crippen LogP contribution in [-0.4, -0.2) is 41.6 Å². The minimum Gasteiger partial charge on any atom is -0.481 e. The molecule has 2 aliphatic rings. The normalized spacial score (nSPS) is 25.7. The van der Waals surface area contributed by atoms with Gasteiger partial charge in [-0.05, 0) is 38.0 Å². The van der Waals surface area contributed by atoms with Crippen LogP contribution in [0.2, 0.25) is 0 Å². The molecule has 2 fully saturated rings. The van der Waals surface area contributed by atoms with Crippen LogP contribution < -0.4 is 5.32 Å². The molecule has 1 heterocycles. The fourth-order valence-electron chi connectivity index (χ4n) is 3.37. The predicted octanol–water partition coefficient (Wildman–Crippen LogP) is 2.85. The number of carboxylic acid groups (broad SMARTS) is 1. The highest BCUT2D eigenvalue weighted by atomic mass is 16.4. The standard InChI is InChI=1S/C16H28N2O3/c1-2-8-16(14(19)20)9-4-11-18(12-16)15(21)17-10-3-5-13-6-7-13/h13H,2-12H2,1H3,(H,17,21)(H,19,20). The lowest BCUT2D eigenvalue weighted by molar-refractivity contribution is -0.152. The van der Waals surface area contributed by atoms with Crippen molar-refractivity contribution in [2.75, 3.05) is 19.6 Å². The molecule has 0 aromatic heterocycles. The fraction of sp³-hybridized carbons (Fsp3) is 0.875. The van der Waals surface area contributed by atoms with Gasteiger partial charge in [0, 0.05) is 19.6 Å². The van der Waals surface area contributed by atoms with Crippen LogP contribution in [0, 0.1) is 11.3 Å². The topological polar surface area (TPSA) is 69.6 Å². The first kappa shape index (κ1) is 16.1. The SMILES string of the molecule is CCCC1(C(=O)O)CCCN(C(=O)NCCCC2CC2)C1. The van der Waals surface area contributed by atoms with Crippen molar-refractivity contribution in [1.29, 1.82) is 0 Å². The second-order valence-corrected chi connectivity index (χ2v) is 6.68. The molecule has 1 aliphatic carbocycles. The van der Waals surface area contributed by atoms with E-state index in [1.165, 1.54) is 19.3 Å². The summed E-state index contributed by atoms with van der Waals surface area (Å²) in [5.41, 5.74) is -0.738. The van der Waals surface area contributed by atoms with Gasteiger partial charge in [-0.3, -0.25) is 4.79 Å². The molecule has 2 N–H and O–H groups in total. The lowest BCUT2D eigenvalue weighted by Gasteiger charge is -2.39. The summed E-state index contributed by atoms with van der Waals surface area (Å²) in [5, 5.41) is 12.5. The van der Waals surface area contributed by atoms with Crippen LogP contribution in [0.15, 0.2) is 0 Å². The maximum absolute atomic E-state index is 12.2. The van der Waals surface area contributed by atoms with Crippen molar-refractivity contribution < 1.29 is 14.7 Å². The van der Waals surface area contributed by atoms with Crippen molar-refractivity contribution in [2.45, 2.75) is 58.3 Å². The molecule has 0 aromatic rings. The molecule has 1 atom stereocenters. The number of rotatable bonds is 7. The summed E-state index contributed by atoms with van der Waals surface area (Å²) < 4.78 is 0. The summed E-state index contributed by atoms with van der Waals surface area (Å²) in [4.78, 5) is 25.5. The number of likely N-dealkylation sites (tertiary alicyclic amines) is 1. The van der Waals surface area contributed by atoms with Crippen LogP contribution in [0.4, 0.5) is 4.79 Å². The average Bonchev–Trinajstić information content (AvgIpc) is 3.28. The van der Waals surface area contributed by atoms with E-state index in [9.17, 15) is 14.7 Å². The number of hydrogen-bond donors (Lipinski definition) is 2. The molecule has 1 aliphatic heterocycles. The third kappa shape index (κ3) is 4.35. The van der Waals surface area contributed by atoms with E-state index in [0.29, 0.717) is 32.5 Å². The number of carbonyl (C=O) groups is 2. The van der Waals surface area contributed by atoms with Gasteiger partial charge in [0.25, 0.3) is 0 Å². The Balaban J connectivity index is 1.80. The van der Waals surface area contributed by atoms with Gasteiger partial charge in [0.1, 0.15) is 0 Å². The van der Waals surface area contributed by atoms with Crippen molar-refractivity contribution in [2.24, 2.45) is 11.3 Å². The van der Waals surface area contributed by atoms with E-state index in [4.69, 9.17) is 0 Å². The monoisotopic (exact) mass is 296 g/mol. The van der Waals surface area contributed by atoms with E-state index < -0.39 is 11.4 Å². The van der Waals surface area contributed by atoms with Crippen molar-refractivity contribution >= 4 is 12.0 Å². The summed E-state index contributed by atoms with van der Waals surface area (Å²) in [6.45, 7) is 3.74. The summed E-state index contributed by atoms with van der Waals surface area (Å²) in [5.74, 6) is 0.136. The Morgan fingerprint density at radius 2 is 2.14 bits per heavy atom. The van der Waals surface area contributed by atoms with Gasteiger partial charge in [-0.15, -0.1) is 0 Å². The number of nitrogens with zero attached hydrogens (tertiary/aromatic N) is 1. The lowest BCUT2D eigenvalue weighted by Crippen LogP contribution is -2.52. The van der Waals surface area contributed by atoms with Crippen molar-refractivity contribution in [1.82, 2.24) is 10.2 Å². The Bertz CT molecular complexity index is 378. The van der Waals surface area contributed by atoms with E-state index >= 15 is 0 Å². The maximum Gasteiger partial charge on any atom is 0.317 e. The third-order valence-electron chi connectivity index (χ3n) is 4.81. The lowest BCUT2D eigenvalue weighted by atomic mass is 9.76. The first-order valence-electron chi connectivity index (χ1n) is 8.33. The van der Waals surface area contributed by atoms with E-state index in [-0.39, 0.29) is 6.03 Å².